The molecule has 0 aliphatic carbocycles. The Labute approximate surface area is 183 Å². The van der Waals surface area contributed by atoms with Gasteiger partial charge in [-0.3, -0.25) is 4.79 Å². The van der Waals surface area contributed by atoms with Gasteiger partial charge in [-0.1, -0.05) is 18.2 Å². The van der Waals surface area contributed by atoms with Crippen LogP contribution >= 0.6 is 0 Å². The summed E-state index contributed by atoms with van der Waals surface area (Å²) in [5, 5.41) is 7.37. The van der Waals surface area contributed by atoms with Crippen molar-refractivity contribution in [2.75, 3.05) is 20.1 Å². The number of rotatable bonds is 7. The molecule has 1 aliphatic rings. The van der Waals surface area contributed by atoms with Crippen molar-refractivity contribution in [3.05, 3.63) is 71.6 Å². The number of carbonyl (C=O) groups excluding carboxylic acids is 1. The third kappa shape index (κ3) is 4.06. The van der Waals surface area contributed by atoms with Crippen molar-refractivity contribution >= 4 is 12.1 Å². The number of nitrogens with zero attached hydrogens (tertiary/aromatic N) is 2. The van der Waals surface area contributed by atoms with E-state index in [1.54, 1.807) is 31.3 Å². The smallest absolute Gasteiger partial charge is 0.198 e. The van der Waals surface area contributed by atoms with Gasteiger partial charge in [0.2, 0.25) is 0 Å². The van der Waals surface area contributed by atoms with E-state index in [-0.39, 0.29) is 17.6 Å². The second-order valence-corrected chi connectivity index (χ2v) is 7.37. The lowest BCUT2D eigenvalue weighted by atomic mass is 10.0. The standard InChI is InChI=1S/C23H23F2N5O2/c1-27-29-23(26)21-17(12-30(20(21)13-31)15-9-10-28-11-15)14-5-7-16(8-6-14)32-22-18(24)3-2-4-19(22)25/h2-8,12-13,15,27-28H,9-11H2,1H3,(H2,26,29). The zero-order chi connectivity index (χ0) is 22.7. The Morgan fingerprint density at radius 2 is 1.97 bits per heavy atom. The van der Waals surface area contributed by atoms with E-state index >= 15 is 0 Å². The molecule has 1 aromatic heterocycles. The number of carbonyl (C=O) groups is 1. The van der Waals surface area contributed by atoms with Gasteiger partial charge in [0, 0.05) is 31.4 Å². The van der Waals surface area contributed by atoms with Gasteiger partial charge >= 0.3 is 0 Å². The van der Waals surface area contributed by atoms with Crippen LogP contribution < -0.4 is 21.2 Å². The highest BCUT2D eigenvalue weighted by Crippen LogP contribution is 2.34. The summed E-state index contributed by atoms with van der Waals surface area (Å²) in [5.41, 5.74) is 11.3. The fourth-order valence-corrected chi connectivity index (χ4v) is 3.90. The minimum atomic E-state index is -0.787. The van der Waals surface area contributed by atoms with Crippen LogP contribution in [0, 0.1) is 11.6 Å². The number of halogens is 2. The van der Waals surface area contributed by atoms with Crippen molar-refractivity contribution in [2.24, 2.45) is 10.8 Å². The summed E-state index contributed by atoms with van der Waals surface area (Å²) in [6, 6.07) is 10.3. The summed E-state index contributed by atoms with van der Waals surface area (Å²) < 4.78 is 35.1. The maximum Gasteiger partial charge on any atom is 0.198 e. The molecule has 2 heterocycles. The Balaban J connectivity index is 1.74. The third-order valence-electron chi connectivity index (χ3n) is 5.40. The van der Waals surface area contributed by atoms with Crippen LogP contribution in [0.4, 0.5) is 8.78 Å². The van der Waals surface area contributed by atoms with E-state index in [9.17, 15) is 13.6 Å². The molecule has 1 atom stereocenters. The van der Waals surface area contributed by atoms with Crippen LogP contribution in [0.1, 0.15) is 28.5 Å². The van der Waals surface area contributed by atoms with Crippen LogP contribution in [0.3, 0.4) is 0 Å². The molecule has 166 valence electrons. The zero-order valence-corrected chi connectivity index (χ0v) is 17.4. The molecule has 0 bridgehead atoms. The Hall–Kier alpha value is -3.72. The first kappa shape index (κ1) is 21.5. The number of hydrogen-bond donors (Lipinski definition) is 3. The van der Waals surface area contributed by atoms with Gasteiger partial charge in [-0.05, 0) is 42.8 Å². The van der Waals surface area contributed by atoms with Gasteiger partial charge in [0.15, 0.2) is 29.5 Å². The molecule has 7 nitrogen and oxygen atoms in total. The van der Waals surface area contributed by atoms with E-state index in [4.69, 9.17) is 10.5 Å². The third-order valence-corrected chi connectivity index (χ3v) is 5.40. The SMILES string of the molecule is CN/N=C(/N)c1c(-c2ccc(Oc3c(F)cccc3F)cc2)cn(C2CCNC2)c1C=O. The molecule has 1 aliphatic heterocycles. The van der Waals surface area contributed by atoms with Crippen molar-refractivity contribution < 1.29 is 18.3 Å². The average Bonchev–Trinajstić information content (AvgIpc) is 3.44. The maximum atomic E-state index is 13.9. The number of aldehydes is 1. The van der Waals surface area contributed by atoms with Gasteiger partial charge in [-0.25, -0.2) is 8.78 Å². The first-order valence-electron chi connectivity index (χ1n) is 10.2. The summed E-state index contributed by atoms with van der Waals surface area (Å²) in [5.74, 6) is -1.58. The van der Waals surface area contributed by atoms with Crippen LogP contribution in [0.2, 0.25) is 0 Å². The lowest BCUT2D eigenvalue weighted by Gasteiger charge is -2.13. The van der Waals surface area contributed by atoms with E-state index in [0.717, 1.165) is 49.1 Å². The van der Waals surface area contributed by atoms with Gasteiger partial charge in [0.05, 0.1) is 11.3 Å². The van der Waals surface area contributed by atoms with Crippen molar-refractivity contribution in [1.82, 2.24) is 15.3 Å². The molecule has 9 heteroatoms. The van der Waals surface area contributed by atoms with Crippen LogP contribution in [0.15, 0.2) is 53.8 Å². The number of hydrazone groups is 1. The van der Waals surface area contributed by atoms with Crippen molar-refractivity contribution in [1.29, 1.82) is 0 Å². The minimum absolute atomic E-state index is 0.122. The summed E-state index contributed by atoms with van der Waals surface area (Å²) in [6.07, 6.45) is 3.56. The number of nitrogens with one attached hydrogen (secondary N) is 2. The quantitative estimate of drug-likeness (QED) is 0.227. The molecule has 4 rings (SSSR count). The van der Waals surface area contributed by atoms with Gasteiger partial charge in [-0.2, -0.15) is 5.10 Å². The van der Waals surface area contributed by atoms with E-state index < -0.39 is 17.4 Å². The fraction of sp³-hybridized carbons (Fsp3) is 0.217. The Bertz CT molecular complexity index is 1130. The number of ether oxygens (including phenoxy) is 1. The summed E-state index contributed by atoms with van der Waals surface area (Å²) >= 11 is 0. The number of aromatic nitrogens is 1. The largest absolute Gasteiger partial charge is 0.451 e. The molecule has 0 spiro atoms. The Morgan fingerprint density at radius 3 is 2.56 bits per heavy atom. The molecule has 0 radical (unpaired) electrons. The highest BCUT2D eigenvalue weighted by atomic mass is 19.1. The predicted molar refractivity (Wildman–Crippen MR) is 118 cm³/mol. The van der Waals surface area contributed by atoms with Gasteiger partial charge < -0.3 is 25.8 Å². The molecule has 3 aromatic rings. The average molecular weight is 439 g/mol. The van der Waals surface area contributed by atoms with E-state index in [1.807, 2.05) is 10.8 Å². The topological polar surface area (TPSA) is 93.7 Å². The molecule has 0 saturated carbocycles. The summed E-state index contributed by atoms with van der Waals surface area (Å²) in [7, 11) is 1.62. The Morgan fingerprint density at radius 1 is 1.25 bits per heavy atom. The molecule has 2 aromatic carbocycles. The fourth-order valence-electron chi connectivity index (χ4n) is 3.90. The minimum Gasteiger partial charge on any atom is -0.451 e. The number of amidine groups is 1. The van der Waals surface area contributed by atoms with Crippen molar-refractivity contribution in [3.8, 4) is 22.6 Å². The van der Waals surface area contributed by atoms with E-state index in [0.29, 0.717) is 11.3 Å². The number of nitrogens with two attached hydrogens (primary N) is 1. The second kappa shape index (κ2) is 9.19. The van der Waals surface area contributed by atoms with Gasteiger partial charge in [0.1, 0.15) is 5.75 Å². The lowest BCUT2D eigenvalue weighted by Crippen LogP contribution is -2.21. The number of para-hydroxylation sites is 1. The summed E-state index contributed by atoms with van der Waals surface area (Å²) in [4.78, 5) is 12.0. The van der Waals surface area contributed by atoms with Gasteiger partial charge in [0.25, 0.3) is 0 Å². The molecule has 0 amide bonds. The second-order valence-electron chi connectivity index (χ2n) is 7.37. The molecular weight excluding hydrogens is 416 g/mol. The normalized spacial score (nSPS) is 16.2. The lowest BCUT2D eigenvalue weighted by molar-refractivity contribution is 0.111. The van der Waals surface area contributed by atoms with Crippen LogP contribution in [0.25, 0.3) is 11.1 Å². The molecule has 4 N–H and O–H groups in total. The molecule has 32 heavy (non-hydrogen) atoms. The monoisotopic (exact) mass is 439 g/mol. The van der Waals surface area contributed by atoms with Crippen LogP contribution in [-0.2, 0) is 0 Å². The highest BCUT2D eigenvalue weighted by Gasteiger charge is 2.26. The first-order chi connectivity index (χ1) is 15.5. The highest BCUT2D eigenvalue weighted by molar-refractivity contribution is 6.08. The number of benzene rings is 2. The van der Waals surface area contributed by atoms with E-state index in [2.05, 4.69) is 15.8 Å². The zero-order valence-electron chi connectivity index (χ0n) is 17.4. The predicted octanol–water partition coefficient (Wildman–Crippen LogP) is 3.41. The molecule has 1 fully saturated rings. The molecule has 1 saturated heterocycles. The van der Waals surface area contributed by atoms with Gasteiger partial charge in [-0.15, -0.1) is 0 Å². The maximum absolute atomic E-state index is 13.9. The number of hydrogen-bond acceptors (Lipinski definition) is 5. The molecular formula is C23H23F2N5O2. The molecule has 1 unspecified atom stereocenters. The van der Waals surface area contributed by atoms with Crippen LogP contribution in [-0.4, -0.2) is 36.8 Å². The Kier molecular flexibility index (Phi) is 6.18. The van der Waals surface area contributed by atoms with Crippen molar-refractivity contribution in [3.63, 3.8) is 0 Å². The van der Waals surface area contributed by atoms with Crippen molar-refractivity contribution in [2.45, 2.75) is 12.5 Å². The first-order valence-corrected chi connectivity index (χ1v) is 10.2. The van der Waals surface area contributed by atoms with E-state index in [1.165, 1.54) is 6.07 Å². The van der Waals surface area contributed by atoms with Crippen LogP contribution in [0.5, 0.6) is 11.5 Å². The summed E-state index contributed by atoms with van der Waals surface area (Å²) in [6.45, 7) is 1.61.